The van der Waals surface area contributed by atoms with Crippen LogP contribution in [0.5, 0.6) is 5.75 Å². The number of anilines is 1. The van der Waals surface area contributed by atoms with E-state index in [4.69, 9.17) is 5.73 Å². The third-order valence-corrected chi connectivity index (χ3v) is 2.73. The van der Waals surface area contributed by atoms with Gasteiger partial charge in [-0.25, -0.2) is 0 Å². The van der Waals surface area contributed by atoms with Gasteiger partial charge in [0.2, 0.25) is 0 Å². The van der Waals surface area contributed by atoms with Crippen molar-refractivity contribution in [2.24, 2.45) is 0 Å². The molecular weight excluding hydrogens is 283 g/mol. The van der Waals surface area contributed by atoms with Crippen LogP contribution in [0, 0.1) is 0 Å². The zero-order chi connectivity index (χ0) is 15.5. The Kier molecular flexibility index (Phi) is 4.16. The molecular formula is C15H12F3NO2. The van der Waals surface area contributed by atoms with Gasteiger partial charge in [0, 0.05) is 12.1 Å². The number of hydrogen-bond donors (Lipinski definition) is 1. The highest BCUT2D eigenvalue weighted by Crippen LogP contribution is 2.27. The molecule has 0 spiro atoms. The van der Waals surface area contributed by atoms with Gasteiger partial charge < -0.3 is 10.5 Å². The molecule has 6 heteroatoms. The number of nitrogen functional groups attached to an aromatic ring is 1. The highest BCUT2D eigenvalue weighted by Gasteiger charge is 2.32. The second kappa shape index (κ2) is 5.87. The lowest BCUT2D eigenvalue weighted by atomic mass is 10.0. The molecule has 0 bridgehead atoms. The van der Waals surface area contributed by atoms with Crippen molar-refractivity contribution in [3.8, 4) is 5.75 Å². The minimum atomic E-state index is -4.84. The fourth-order valence-electron chi connectivity index (χ4n) is 1.89. The number of ether oxygens (including phenoxy) is 1. The molecule has 2 rings (SSSR count). The van der Waals surface area contributed by atoms with Gasteiger partial charge >= 0.3 is 6.36 Å². The highest BCUT2D eigenvalue weighted by atomic mass is 19.4. The first-order valence-electron chi connectivity index (χ1n) is 6.07. The number of nitrogens with two attached hydrogens (primary N) is 1. The van der Waals surface area contributed by atoms with Gasteiger partial charge in [-0.2, -0.15) is 0 Å². The van der Waals surface area contributed by atoms with Gasteiger partial charge in [-0.05, 0) is 29.8 Å². The van der Waals surface area contributed by atoms with Crippen molar-refractivity contribution >= 4 is 11.5 Å². The van der Waals surface area contributed by atoms with Crippen molar-refractivity contribution in [3.63, 3.8) is 0 Å². The summed E-state index contributed by atoms with van der Waals surface area (Å²) in [5, 5.41) is 0. The normalized spacial score (nSPS) is 11.2. The van der Waals surface area contributed by atoms with Gasteiger partial charge in [-0.1, -0.05) is 24.3 Å². The number of benzene rings is 2. The first-order valence-corrected chi connectivity index (χ1v) is 6.07. The molecule has 21 heavy (non-hydrogen) atoms. The molecule has 3 nitrogen and oxygen atoms in total. The molecule has 2 aromatic rings. The van der Waals surface area contributed by atoms with Crippen LogP contribution in [0.4, 0.5) is 18.9 Å². The molecule has 0 atom stereocenters. The molecule has 0 aliphatic heterocycles. The lowest BCUT2D eigenvalue weighted by Gasteiger charge is -2.12. The topological polar surface area (TPSA) is 52.3 Å². The first kappa shape index (κ1) is 14.9. The monoisotopic (exact) mass is 295 g/mol. The summed E-state index contributed by atoms with van der Waals surface area (Å²) in [6, 6.07) is 11.9. The van der Waals surface area contributed by atoms with Crippen LogP contribution in [-0.4, -0.2) is 12.1 Å². The molecule has 0 fully saturated rings. The Morgan fingerprint density at radius 2 is 1.81 bits per heavy atom. The summed E-state index contributed by atoms with van der Waals surface area (Å²) in [6.45, 7) is 0. The van der Waals surface area contributed by atoms with Crippen LogP contribution >= 0.6 is 0 Å². The number of Topliss-reactive ketones (excluding diaryl/α,β-unsaturated/α-hetero) is 1. The maximum Gasteiger partial charge on any atom is 0.573 e. The predicted octanol–water partition coefficient (Wildman–Crippen LogP) is 3.59. The molecule has 2 N–H and O–H groups in total. The summed E-state index contributed by atoms with van der Waals surface area (Å²) in [5.41, 5.74) is 6.60. The Morgan fingerprint density at radius 3 is 2.48 bits per heavy atom. The van der Waals surface area contributed by atoms with Crippen LogP contribution in [0.3, 0.4) is 0 Å². The standard InChI is InChI=1S/C15H12F3NO2/c16-15(17,18)21-14-7-2-1-6-12(14)13(20)9-10-4-3-5-11(19)8-10/h1-8H,9,19H2. The summed E-state index contributed by atoms with van der Waals surface area (Å²) in [7, 11) is 0. The molecule has 110 valence electrons. The third kappa shape index (κ3) is 4.24. The smallest absolute Gasteiger partial charge is 0.405 e. The molecule has 0 aromatic heterocycles. The maximum absolute atomic E-state index is 12.3. The van der Waals surface area contributed by atoms with E-state index in [2.05, 4.69) is 4.74 Å². The van der Waals surface area contributed by atoms with E-state index in [0.717, 1.165) is 6.07 Å². The van der Waals surface area contributed by atoms with E-state index in [0.29, 0.717) is 11.3 Å². The van der Waals surface area contributed by atoms with Gasteiger partial charge in [0.1, 0.15) is 5.75 Å². The second-order valence-corrected chi connectivity index (χ2v) is 4.39. The number of carbonyl (C=O) groups excluding carboxylic acids is 1. The van der Waals surface area contributed by atoms with Crippen LogP contribution in [0.1, 0.15) is 15.9 Å². The van der Waals surface area contributed by atoms with Crippen molar-refractivity contribution < 1.29 is 22.7 Å². The summed E-state index contributed by atoms with van der Waals surface area (Å²) in [5.74, 6) is -0.973. The Balaban J connectivity index is 2.23. The van der Waals surface area contributed by atoms with Gasteiger partial charge in [0.15, 0.2) is 5.78 Å². The lowest BCUT2D eigenvalue weighted by Crippen LogP contribution is -2.19. The van der Waals surface area contributed by atoms with E-state index in [1.807, 2.05) is 0 Å². The number of ketones is 1. The van der Waals surface area contributed by atoms with Crippen LogP contribution in [0.2, 0.25) is 0 Å². The summed E-state index contributed by atoms with van der Waals surface area (Å²) in [6.07, 6.45) is -4.89. The van der Waals surface area contributed by atoms with Crippen LogP contribution in [0.15, 0.2) is 48.5 Å². The molecule has 0 aliphatic rings. The van der Waals surface area contributed by atoms with Gasteiger partial charge in [-0.15, -0.1) is 13.2 Å². The van der Waals surface area contributed by atoms with E-state index in [-0.39, 0.29) is 12.0 Å². The minimum Gasteiger partial charge on any atom is -0.405 e. The van der Waals surface area contributed by atoms with Crippen molar-refractivity contribution in [2.45, 2.75) is 12.8 Å². The molecule has 0 amide bonds. The Labute approximate surface area is 119 Å². The molecule has 0 heterocycles. The van der Waals surface area contributed by atoms with Crippen molar-refractivity contribution in [3.05, 3.63) is 59.7 Å². The number of rotatable bonds is 4. The highest BCUT2D eigenvalue weighted by molar-refractivity contribution is 6.00. The molecule has 0 radical (unpaired) electrons. The third-order valence-electron chi connectivity index (χ3n) is 2.73. The van der Waals surface area contributed by atoms with Gasteiger partial charge in [0.05, 0.1) is 5.56 Å². The van der Waals surface area contributed by atoms with E-state index in [9.17, 15) is 18.0 Å². The van der Waals surface area contributed by atoms with Crippen LogP contribution < -0.4 is 10.5 Å². The van der Waals surface area contributed by atoms with Crippen molar-refractivity contribution in [1.29, 1.82) is 0 Å². The SMILES string of the molecule is Nc1cccc(CC(=O)c2ccccc2OC(F)(F)F)c1. The van der Waals surface area contributed by atoms with E-state index < -0.39 is 17.9 Å². The van der Waals surface area contributed by atoms with Crippen molar-refractivity contribution in [2.75, 3.05) is 5.73 Å². The van der Waals surface area contributed by atoms with Crippen LogP contribution in [0.25, 0.3) is 0 Å². The minimum absolute atomic E-state index is 0.0523. The summed E-state index contributed by atoms with van der Waals surface area (Å²) < 4.78 is 40.8. The zero-order valence-electron chi connectivity index (χ0n) is 10.9. The Bertz CT molecular complexity index is 653. The molecule has 0 saturated heterocycles. The number of carbonyl (C=O) groups is 1. The average Bonchev–Trinajstić information content (AvgIpc) is 2.37. The average molecular weight is 295 g/mol. The predicted molar refractivity (Wildman–Crippen MR) is 72.0 cm³/mol. The molecule has 0 unspecified atom stereocenters. The summed E-state index contributed by atoms with van der Waals surface area (Å²) >= 11 is 0. The number of para-hydroxylation sites is 1. The molecule has 0 aliphatic carbocycles. The number of alkyl halides is 3. The quantitative estimate of drug-likeness (QED) is 0.692. The number of hydrogen-bond acceptors (Lipinski definition) is 3. The van der Waals surface area contributed by atoms with Gasteiger partial charge in [0.25, 0.3) is 0 Å². The van der Waals surface area contributed by atoms with Gasteiger partial charge in [-0.3, -0.25) is 4.79 Å². The maximum atomic E-state index is 12.3. The molecule has 0 saturated carbocycles. The number of halogens is 3. The van der Waals surface area contributed by atoms with Crippen molar-refractivity contribution in [1.82, 2.24) is 0 Å². The second-order valence-electron chi connectivity index (χ2n) is 4.39. The van der Waals surface area contributed by atoms with E-state index >= 15 is 0 Å². The largest absolute Gasteiger partial charge is 0.573 e. The van der Waals surface area contributed by atoms with E-state index in [1.165, 1.54) is 18.2 Å². The fraction of sp³-hybridized carbons (Fsp3) is 0.133. The zero-order valence-corrected chi connectivity index (χ0v) is 10.9. The molecule has 2 aromatic carbocycles. The fourth-order valence-corrected chi connectivity index (χ4v) is 1.89. The van der Waals surface area contributed by atoms with E-state index in [1.54, 1.807) is 24.3 Å². The Hall–Kier alpha value is -2.50. The van der Waals surface area contributed by atoms with Crippen LogP contribution in [-0.2, 0) is 6.42 Å². The lowest BCUT2D eigenvalue weighted by molar-refractivity contribution is -0.274. The Morgan fingerprint density at radius 1 is 1.10 bits per heavy atom. The first-order chi connectivity index (χ1) is 9.85. The summed E-state index contributed by atoms with van der Waals surface area (Å²) in [4.78, 5) is 12.1.